The van der Waals surface area contributed by atoms with Crippen LogP contribution >= 0.6 is 11.6 Å². The molecule has 0 bridgehead atoms. The SMILES string of the molecule is Cc1ccc(C(=O)c2ccncc2Cl)cc1. The average Bonchev–Trinajstić information content (AvgIpc) is 2.30. The van der Waals surface area contributed by atoms with Crippen molar-refractivity contribution in [3.8, 4) is 0 Å². The summed E-state index contributed by atoms with van der Waals surface area (Å²) in [5.74, 6) is -0.0765. The molecule has 0 aliphatic carbocycles. The third-order valence-corrected chi connectivity index (χ3v) is 2.63. The lowest BCUT2D eigenvalue weighted by Gasteiger charge is -2.03. The number of rotatable bonds is 2. The highest BCUT2D eigenvalue weighted by atomic mass is 35.5. The van der Waals surface area contributed by atoms with E-state index in [-0.39, 0.29) is 5.78 Å². The number of aromatic nitrogens is 1. The Balaban J connectivity index is 2.40. The van der Waals surface area contributed by atoms with E-state index < -0.39 is 0 Å². The van der Waals surface area contributed by atoms with Crippen LogP contribution in [-0.4, -0.2) is 10.8 Å². The molecule has 0 atom stereocenters. The molecule has 0 fully saturated rings. The number of benzene rings is 1. The molecule has 1 aromatic carbocycles. The molecule has 0 N–H and O–H groups in total. The smallest absolute Gasteiger partial charge is 0.194 e. The highest BCUT2D eigenvalue weighted by Gasteiger charge is 2.11. The zero-order valence-corrected chi connectivity index (χ0v) is 9.53. The molecule has 0 saturated carbocycles. The molecular formula is C13H10ClNO. The molecule has 0 unspecified atom stereocenters. The van der Waals surface area contributed by atoms with Gasteiger partial charge in [-0.05, 0) is 13.0 Å². The summed E-state index contributed by atoms with van der Waals surface area (Å²) in [5, 5.41) is 0.382. The summed E-state index contributed by atoms with van der Waals surface area (Å²) in [4.78, 5) is 15.9. The second-order valence-corrected chi connectivity index (χ2v) is 3.96. The van der Waals surface area contributed by atoms with Crippen LogP contribution in [0.1, 0.15) is 21.5 Å². The van der Waals surface area contributed by atoms with E-state index in [0.717, 1.165) is 5.56 Å². The highest BCUT2D eigenvalue weighted by Crippen LogP contribution is 2.18. The number of nitrogens with zero attached hydrogens (tertiary/aromatic N) is 1. The lowest BCUT2D eigenvalue weighted by molar-refractivity contribution is 0.103. The van der Waals surface area contributed by atoms with Gasteiger partial charge in [-0.3, -0.25) is 9.78 Å². The number of hydrogen-bond acceptors (Lipinski definition) is 2. The maximum atomic E-state index is 12.1. The summed E-state index contributed by atoms with van der Waals surface area (Å²) in [6.07, 6.45) is 3.04. The number of carbonyl (C=O) groups excluding carboxylic acids is 1. The molecule has 0 saturated heterocycles. The van der Waals surface area contributed by atoms with Crippen LogP contribution < -0.4 is 0 Å². The molecule has 0 amide bonds. The Kier molecular flexibility index (Phi) is 3.02. The molecule has 2 aromatic rings. The van der Waals surface area contributed by atoms with Crippen LogP contribution in [0.5, 0.6) is 0 Å². The van der Waals surface area contributed by atoms with E-state index in [9.17, 15) is 4.79 Å². The van der Waals surface area contributed by atoms with Crippen LogP contribution in [0.2, 0.25) is 5.02 Å². The summed E-state index contributed by atoms with van der Waals surface area (Å²) in [5.41, 5.74) is 2.25. The summed E-state index contributed by atoms with van der Waals surface area (Å²) in [6.45, 7) is 1.98. The molecule has 2 rings (SSSR count). The second-order valence-electron chi connectivity index (χ2n) is 3.55. The van der Waals surface area contributed by atoms with Gasteiger partial charge in [0.1, 0.15) is 0 Å². The van der Waals surface area contributed by atoms with Crippen LogP contribution in [0.3, 0.4) is 0 Å². The van der Waals surface area contributed by atoms with Crippen LogP contribution in [-0.2, 0) is 0 Å². The van der Waals surface area contributed by atoms with Crippen molar-refractivity contribution in [1.82, 2.24) is 4.98 Å². The maximum absolute atomic E-state index is 12.1. The van der Waals surface area contributed by atoms with Gasteiger partial charge in [0, 0.05) is 23.5 Å². The van der Waals surface area contributed by atoms with Gasteiger partial charge in [0.25, 0.3) is 0 Å². The standard InChI is InChI=1S/C13H10ClNO/c1-9-2-4-10(5-3-9)13(16)11-6-7-15-8-12(11)14/h2-8H,1H3. The van der Waals surface area contributed by atoms with Crippen molar-refractivity contribution in [3.05, 3.63) is 64.4 Å². The zero-order chi connectivity index (χ0) is 11.5. The zero-order valence-electron chi connectivity index (χ0n) is 8.77. The highest BCUT2D eigenvalue weighted by molar-refractivity contribution is 6.34. The quantitative estimate of drug-likeness (QED) is 0.743. The Morgan fingerprint density at radius 1 is 1.19 bits per heavy atom. The van der Waals surface area contributed by atoms with Crippen molar-refractivity contribution >= 4 is 17.4 Å². The molecule has 1 aromatic heterocycles. The van der Waals surface area contributed by atoms with Crippen molar-refractivity contribution in [2.45, 2.75) is 6.92 Å². The Hall–Kier alpha value is -1.67. The van der Waals surface area contributed by atoms with E-state index in [2.05, 4.69) is 4.98 Å². The molecule has 16 heavy (non-hydrogen) atoms. The van der Waals surface area contributed by atoms with Crippen molar-refractivity contribution in [3.63, 3.8) is 0 Å². The minimum atomic E-state index is -0.0765. The molecular weight excluding hydrogens is 222 g/mol. The monoisotopic (exact) mass is 231 g/mol. The largest absolute Gasteiger partial charge is 0.289 e. The summed E-state index contributed by atoms with van der Waals surface area (Å²) in [6, 6.07) is 9.04. The summed E-state index contributed by atoms with van der Waals surface area (Å²) >= 11 is 5.92. The molecule has 0 radical (unpaired) electrons. The fraction of sp³-hybridized carbons (Fsp3) is 0.0769. The average molecular weight is 232 g/mol. The minimum Gasteiger partial charge on any atom is -0.289 e. The Bertz CT molecular complexity index is 520. The van der Waals surface area contributed by atoms with Gasteiger partial charge in [0.05, 0.1) is 5.02 Å². The minimum absolute atomic E-state index is 0.0765. The molecule has 2 nitrogen and oxygen atoms in total. The van der Waals surface area contributed by atoms with E-state index >= 15 is 0 Å². The second kappa shape index (κ2) is 4.45. The predicted molar refractivity (Wildman–Crippen MR) is 63.9 cm³/mol. The van der Waals surface area contributed by atoms with Gasteiger partial charge in [-0.25, -0.2) is 0 Å². The fourth-order valence-electron chi connectivity index (χ4n) is 1.42. The van der Waals surface area contributed by atoms with Crippen LogP contribution in [0.4, 0.5) is 0 Å². The van der Waals surface area contributed by atoms with Gasteiger partial charge in [-0.2, -0.15) is 0 Å². The first kappa shape index (κ1) is 10.8. The molecule has 0 aliphatic rings. The molecule has 80 valence electrons. The Morgan fingerprint density at radius 2 is 1.88 bits per heavy atom. The third-order valence-electron chi connectivity index (χ3n) is 2.33. The van der Waals surface area contributed by atoms with Crippen molar-refractivity contribution in [2.24, 2.45) is 0 Å². The number of carbonyl (C=O) groups is 1. The van der Waals surface area contributed by atoms with Gasteiger partial charge in [-0.1, -0.05) is 41.4 Å². The first-order valence-corrected chi connectivity index (χ1v) is 5.27. The first-order valence-electron chi connectivity index (χ1n) is 4.89. The predicted octanol–water partition coefficient (Wildman–Crippen LogP) is 3.27. The van der Waals surface area contributed by atoms with Gasteiger partial charge in [0.15, 0.2) is 5.78 Å². The number of ketones is 1. The van der Waals surface area contributed by atoms with E-state index in [1.165, 1.54) is 6.20 Å². The third kappa shape index (κ3) is 2.12. The van der Waals surface area contributed by atoms with Crippen LogP contribution in [0.25, 0.3) is 0 Å². The number of hydrogen-bond donors (Lipinski definition) is 0. The number of halogens is 1. The van der Waals surface area contributed by atoms with E-state index in [1.54, 1.807) is 24.4 Å². The van der Waals surface area contributed by atoms with Gasteiger partial charge in [-0.15, -0.1) is 0 Å². The molecule has 0 aliphatic heterocycles. The summed E-state index contributed by atoms with van der Waals surface area (Å²) < 4.78 is 0. The lowest BCUT2D eigenvalue weighted by Crippen LogP contribution is -2.02. The Morgan fingerprint density at radius 3 is 2.50 bits per heavy atom. The normalized spacial score (nSPS) is 10.1. The number of aryl methyl sites for hydroxylation is 1. The number of pyridine rings is 1. The molecule has 1 heterocycles. The molecule has 0 spiro atoms. The summed E-state index contributed by atoms with van der Waals surface area (Å²) in [7, 11) is 0. The van der Waals surface area contributed by atoms with Gasteiger partial charge >= 0.3 is 0 Å². The van der Waals surface area contributed by atoms with Gasteiger partial charge < -0.3 is 0 Å². The lowest BCUT2D eigenvalue weighted by atomic mass is 10.0. The topological polar surface area (TPSA) is 30.0 Å². The van der Waals surface area contributed by atoms with Crippen LogP contribution in [0, 0.1) is 6.92 Å². The molecule has 3 heteroatoms. The van der Waals surface area contributed by atoms with Crippen molar-refractivity contribution < 1.29 is 4.79 Å². The van der Waals surface area contributed by atoms with E-state index in [1.807, 2.05) is 19.1 Å². The van der Waals surface area contributed by atoms with Gasteiger partial charge in [0.2, 0.25) is 0 Å². The van der Waals surface area contributed by atoms with Crippen molar-refractivity contribution in [1.29, 1.82) is 0 Å². The maximum Gasteiger partial charge on any atom is 0.194 e. The van der Waals surface area contributed by atoms with Crippen molar-refractivity contribution in [2.75, 3.05) is 0 Å². The Labute approximate surface area is 98.9 Å². The fourth-order valence-corrected chi connectivity index (χ4v) is 1.62. The van der Waals surface area contributed by atoms with E-state index in [4.69, 9.17) is 11.6 Å². The van der Waals surface area contributed by atoms with E-state index in [0.29, 0.717) is 16.1 Å². The first-order chi connectivity index (χ1) is 7.68. The van der Waals surface area contributed by atoms with Crippen LogP contribution in [0.15, 0.2) is 42.7 Å².